The summed E-state index contributed by atoms with van der Waals surface area (Å²) in [6.07, 6.45) is 7.36. The number of carbonyl (C=O) groups is 2. The van der Waals surface area contributed by atoms with Crippen LogP contribution in [0.25, 0.3) is 0 Å². The molecule has 0 aromatic rings. The smallest absolute Gasteiger partial charge is 0.310 e. The zero-order valence-corrected chi connectivity index (χ0v) is 17.5. The number of hydrogen-bond acceptors (Lipinski definition) is 5. The van der Waals surface area contributed by atoms with Gasteiger partial charge in [0.25, 0.3) is 0 Å². The monoisotopic (exact) mass is 389 g/mol. The summed E-state index contributed by atoms with van der Waals surface area (Å²) in [5.74, 6) is 0.779. The van der Waals surface area contributed by atoms with Crippen molar-refractivity contribution in [2.45, 2.75) is 64.9 Å². The van der Waals surface area contributed by atoms with E-state index in [0.29, 0.717) is 18.4 Å². The molecule has 4 rings (SSSR count). The number of ether oxygens (including phenoxy) is 2. The number of carbonyl (C=O) groups excluding carboxylic acids is 2. The molecule has 4 aliphatic rings. The van der Waals surface area contributed by atoms with Gasteiger partial charge in [-0.05, 0) is 76.3 Å². The number of fused-ring (bicyclic) bond motifs is 2. The molecule has 5 atom stereocenters. The first-order valence-corrected chi connectivity index (χ1v) is 11.2. The lowest BCUT2D eigenvalue weighted by molar-refractivity contribution is -0.150. The molecule has 0 aromatic carbocycles. The van der Waals surface area contributed by atoms with Gasteiger partial charge in [-0.3, -0.25) is 9.59 Å². The molecule has 0 amide bonds. The van der Waals surface area contributed by atoms with Gasteiger partial charge in [-0.15, -0.1) is 0 Å². The fourth-order valence-corrected chi connectivity index (χ4v) is 6.35. The van der Waals surface area contributed by atoms with E-state index in [2.05, 4.69) is 18.4 Å². The molecule has 0 bridgehead atoms. The third kappa shape index (κ3) is 3.62. The third-order valence-corrected chi connectivity index (χ3v) is 7.98. The number of likely N-dealkylation sites (tertiary alicyclic amines) is 1. The zero-order chi connectivity index (χ0) is 19.9. The van der Waals surface area contributed by atoms with Crippen LogP contribution in [0.1, 0.15) is 58.8 Å². The molecule has 2 saturated carbocycles. The third-order valence-electron chi connectivity index (χ3n) is 7.98. The minimum Gasteiger partial charge on any atom is -0.466 e. The predicted octanol–water partition coefficient (Wildman–Crippen LogP) is 3.58. The van der Waals surface area contributed by atoms with E-state index < -0.39 is 0 Å². The van der Waals surface area contributed by atoms with Gasteiger partial charge in [0.2, 0.25) is 0 Å². The molecule has 5 nitrogen and oxygen atoms in total. The van der Waals surface area contributed by atoms with Crippen LogP contribution in [-0.2, 0) is 19.1 Å². The Labute approximate surface area is 168 Å². The normalized spacial score (nSPS) is 39.2. The van der Waals surface area contributed by atoms with Gasteiger partial charge in [0.15, 0.2) is 0 Å². The highest BCUT2D eigenvalue weighted by Crippen LogP contribution is 2.56. The number of hydrogen-bond donors (Lipinski definition) is 0. The molecule has 0 N–H and O–H groups in total. The second-order valence-corrected chi connectivity index (χ2v) is 9.73. The maximum atomic E-state index is 12.7. The largest absolute Gasteiger partial charge is 0.466 e. The lowest BCUT2D eigenvalue weighted by atomic mass is 9.55. The molecule has 0 unspecified atom stereocenters. The highest BCUT2D eigenvalue weighted by molar-refractivity contribution is 5.76. The van der Waals surface area contributed by atoms with Gasteiger partial charge in [0, 0.05) is 12.5 Å². The van der Waals surface area contributed by atoms with Gasteiger partial charge in [0.1, 0.15) is 6.10 Å². The topological polar surface area (TPSA) is 55.8 Å². The summed E-state index contributed by atoms with van der Waals surface area (Å²) in [4.78, 5) is 27.0. The zero-order valence-electron chi connectivity index (χ0n) is 17.5. The molecular formula is C23H35NO4. The fraction of sp³-hybridized carbons (Fsp3) is 0.826. The highest BCUT2D eigenvalue weighted by Gasteiger charge is 2.55. The van der Waals surface area contributed by atoms with E-state index in [-0.39, 0.29) is 35.3 Å². The van der Waals surface area contributed by atoms with Crippen molar-refractivity contribution in [1.29, 1.82) is 0 Å². The van der Waals surface area contributed by atoms with Crippen molar-refractivity contribution in [1.82, 2.24) is 4.90 Å². The van der Waals surface area contributed by atoms with Crippen LogP contribution in [0.15, 0.2) is 12.2 Å². The van der Waals surface area contributed by atoms with Crippen molar-refractivity contribution in [3.8, 4) is 0 Å². The molecule has 2 aliphatic carbocycles. The number of nitrogens with zero attached hydrogens (tertiary/aromatic N) is 1. The molecule has 0 radical (unpaired) electrons. The molecule has 156 valence electrons. The number of allylic oxidation sites excluding steroid dienone is 1. The Morgan fingerprint density at radius 2 is 2.11 bits per heavy atom. The Balaban J connectivity index is 1.38. The van der Waals surface area contributed by atoms with E-state index in [1.807, 2.05) is 6.92 Å². The summed E-state index contributed by atoms with van der Waals surface area (Å²) in [5, 5.41) is 0. The van der Waals surface area contributed by atoms with Gasteiger partial charge in [-0.25, -0.2) is 0 Å². The summed E-state index contributed by atoms with van der Waals surface area (Å²) in [6.45, 7) is 11.5. The number of piperidine rings is 1. The Hall–Kier alpha value is -1.36. The van der Waals surface area contributed by atoms with Gasteiger partial charge >= 0.3 is 11.9 Å². The first-order valence-electron chi connectivity index (χ1n) is 11.2. The Bertz CT molecular complexity index is 639. The summed E-state index contributed by atoms with van der Waals surface area (Å²) in [6, 6.07) is 0. The second kappa shape index (κ2) is 7.81. The van der Waals surface area contributed by atoms with Crippen LogP contribution < -0.4 is 0 Å². The molecule has 28 heavy (non-hydrogen) atoms. The van der Waals surface area contributed by atoms with E-state index in [0.717, 1.165) is 51.7 Å². The van der Waals surface area contributed by atoms with Crippen molar-refractivity contribution >= 4 is 11.9 Å². The maximum absolute atomic E-state index is 12.7. The lowest BCUT2D eigenvalue weighted by Gasteiger charge is -2.50. The molecule has 2 aliphatic heterocycles. The Kier molecular flexibility index (Phi) is 5.56. The quantitative estimate of drug-likeness (QED) is 0.543. The van der Waals surface area contributed by atoms with Gasteiger partial charge in [0.05, 0.1) is 18.4 Å². The van der Waals surface area contributed by atoms with Gasteiger partial charge < -0.3 is 14.4 Å². The fourth-order valence-electron chi connectivity index (χ4n) is 6.35. The predicted molar refractivity (Wildman–Crippen MR) is 106 cm³/mol. The average Bonchev–Trinajstić information content (AvgIpc) is 2.95. The summed E-state index contributed by atoms with van der Waals surface area (Å²) < 4.78 is 11.1. The van der Waals surface area contributed by atoms with Crippen molar-refractivity contribution in [3.63, 3.8) is 0 Å². The molecule has 5 heteroatoms. The SMILES string of the molecule is C=C1CCC[C@]2(C)C[C@H]3OC(=O)[C@@H](CN4CCC(C(=O)OCC)CC4)[C@H]3C[C@H]12. The van der Waals surface area contributed by atoms with Crippen molar-refractivity contribution in [2.75, 3.05) is 26.2 Å². The molecule has 0 spiro atoms. The van der Waals surface area contributed by atoms with Crippen LogP contribution in [0, 0.1) is 29.1 Å². The van der Waals surface area contributed by atoms with E-state index in [9.17, 15) is 9.59 Å². The molecule has 4 fully saturated rings. The standard InChI is InChI=1S/C23H35NO4/c1-4-27-21(25)16-7-10-24(11-8-16)14-18-17-12-19-15(2)6-5-9-23(19,3)13-20(17)28-22(18)26/h16-20H,2,4-14H2,1,3H3/t17-,18+,19-,20-,23-/m1/s1. The molecule has 2 saturated heterocycles. The first-order chi connectivity index (χ1) is 13.4. The van der Waals surface area contributed by atoms with Crippen LogP contribution in [0.3, 0.4) is 0 Å². The van der Waals surface area contributed by atoms with Crippen molar-refractivity contribution < 1.29 is 19.1 Å². The van der Waals surface area contributed by atoms with Crippen molar-refractivity contribution in [2.24, 2.45) is 29.1 Å². The van der Waals surface area contributed by atoms with Gasteiger partial charge in [-0.2, -0.15) is 0 Å². The Morgan fingerprint density at radius 3 is 2.82 bits per heavy atom. The minimum atomic E-state index is -0.0649. The van der Waals surface area contributed by atoms with E-state index in [4.69, 9.17) is 9.47 Å². The average molecular weight is 390 g/mol. The summed E-state index contributed by atoms with van der Waals surface area (Å²) in [7, 11) is 0. The summed E-state index contributed by atoms with van der Waals surface area (Å²) >= 11 is 0. The van der Waals surface area contributed by atoms with E-state index >= 15 is 0 Å². The van der Waals surface area contributed by atoms with Crippen LogP contribution in [0.2, 0.25) is 0 Å². The lowest BCUT2D eigenvalue weighted by Crippen LogP contribution is -2.46. The minimum absolute atomic E-state index is 0.00428. The maximum Gasteiger partial charge on any atom is 0.310 e. The molecule has 0 aromatic heterocycles. The molecular weight excluding hydrogens is 354 g/mol. The highest BCUT2D eigenvalue weighted by atomic mass is 16.6. The second-order valence-electron chi connectivity index (χ2n) is 9.73. The van der Waals surface area contributed by atoms with Crippen LogP contribution in [0.4, 0.5) is 0 Å². The number of esters is 2. The van der Waals surface area contributed by atoms with E-state index in [1.54, 1.807) is 0 Å². The Morgan fingerprint density at radius 1 is 1.36 bits per heavy atom. The van der Waals surface area contributed by atoms with E-state index in [1.165, 1.54) is 18.4 Å². The summed E-state index contributed by atoms with van der Waals surface area (Å²) in [5.41, 5.74) is 1.64. The first kappa shape index (κ1) is 19.9. The van der Waals surface area contributed by atoms with Crippen LogP contribution >= 0.6 is 0 Å². The van der Waals surface area contributed by atoms with Gasteiger partial charge in [-0.1, -0.05) is 19.1 Å². The van der Waals surface area contributed by atoms with Crippen LogP contribution in [-0.4, -0.2) is 49.2 Å². The molecule has 2 heterocycles. The van der Waals surface area contributed by atoms with Crippen LogP contribution in [0.5, 0.6) is 0 Å². The van der Waals surface area contributed by atoms with Crippen molar-refractivity contribution in [3.05, 3.63) is 12.2 Å². The number of rotatable bonds is 4.